The molecule has 74 valence electrons. The van der Waals surface area contributed by atoms with Crippen molar-refractivity contribution in [2.75, 3.05) is 13.1 Å². The van der Waals surface area contributed by atoms with Gasteiger partial charge >= 0.3 is 0 Å². The number of carbonyl (C=O) groups excluding carboxylic acids is 1. The predicted octanol–water partition coefficient (Wildman–Crippen LogP) is 2.94. The molecular formula is C9H19NOSZn. The Morgan fingerprint density at radius 2 is 1.54 bits per heavy atom. The molecule has 0 aromatic rings. The summed E-state index contributed by atoms with van der Waals surface area (Å²) in [5.41, 5.74) is 0. The van der Waals surface area contributed by atoms with Crippen LogP contribution in [0.3, 0.4) is 0 Å². The van der Waals surface area contributed by atoms with Crippen LogP contribution in [0.5, 0.6) is 0 Å². The van der Waals surface area contributed by atoms with Crippen LogP contribution in [0.4, 0.5) is 4.79 Å². The molecule has 0 saturated carbocycles. The van der Waals surface area contributed by atoms with Gasteiger partial charge in [0.25, 0.3) is 5.24 Å². The van der Waals surface area contributed by atoms with Crippen LogP contribution in [0, 0.1) is 0 Å². The number of unbranched alkanes of at least 4 members (excludes halogenated alkanes) is 2. The second kappa shape index (κ2) is 10.5. The molecule has 0 aliphatic rings. The van der Waals surface area contributed by atoms with Crippen LogP contribution in [-0.4, -0.2) is 23.2 Å². The second-order valence-corrected chi connectivity index (χ2v) is 3.36. The van der Waals surface area contributed by atoms with Gasteiger partial charge in [-0.1, -0.05) is 39.3 Å². The first kappa shape index (κ1) is 15.9. The molecule has 0 rings (SSSR count). The Kier molecular flexibility index (Phi) is 12.9. The minimum atomic E-state index is -0.0862. The standard InChI is InChI=1S/C9H19NOS.Zn/c1-3-5-7-10(9(11)12)8-6-4-2;/h3-8H2,1-2H3,(H,11,12);. The van der Waals surface area contributed by atoms with Crippen molar-refractivity contribution in [1.29, 1.82) is 0 Å². The SMILES string of the molecule is CCCCN(CCCC)C(=O)S.[Zn]. The molecule has 0 unspecified atom stereocenters. The Hall–Kier alpha value is 0.443. The number of hydrogen-bond donors (Lipinski definition) is 1. The summed E-state index contributed by atoms with van der Waals surface area (Å²) in [6.07, 6.45) is 4.42. The largest absolute Gasteiger partial charge is 0.334 e. The number of thiol groups is 1. The Labute approximate surface area is 99.6 Å². The first-order chi connectivity index (χ1) is 5.72. The van der Waals surface area contributed by atoms with E-state index in [1.165, 1.54) is 0 Å². The molecule has 0 fully saturated rings. The third-order valence-corrected chi connectivity index (χ3v) is 2.12. The molecule has 0 aromatic carbocycles. The van der Waals surface area contributed by atoms with Gasteiger partial charge in [-0.15, -0.1) is 0 Å². The molecule has 4 heteroatoms. The maximum atomic E-state index is 10.9. The molecule has 0 atom stereocenters. The van der Waals surface area contributed by atoms with E-state index in [1.54, 1.807) is 0 Å². The molecule has 0 heterocycles. The molecule has 2 nitrogen and oxygen atoms in total. The molecule has 1 amide bonds. The van der Waals surface area contributed by atoms with E-state index in [-0.39, 0.29) is 24.7 Å². The molecule has 0 saturated heterocycles. The number of amides is 1. The normalized spacial score (nSPS) is 9.15. The van der Waals surface area contributed by atoms with Gasteiger partial charge in [0.15, 0.2) is 0 Å². The monoisotopic (exact) mass is 253 g/mol. The van der Waals surface area contributed by atoms with Crippen molar-refractivity contribution in [3.63, 3.8) is 0 Å². The number of rotatable bonds is 6. The van der Waals surface area contributed by atoms with Gasteiger partial charge in [-0.25, -0.2) is 0 Å². The maximum absolute atomic E-state index is 10.9. The minimum absolute atomic E-state index is 0. The maximum Gasteiger partial charge on any atom is 0.278 e. The summed E-state index contributed by atoms with van der Waals surface area (Å²) in [6.45, 7) is 5.97. The van der Waals surface area contributed by atoms with Crippen molar-refractivity contribution < 1.29 is 24.3 Å². The van der Waals surface area contributed by atoms with E-state index >= 15 is 0 Å². The molecule has 0 bridgehead atoms. The molecule has 0 aliphatic heterocycles. The smallest absolute Gasteiger partial charge is 0.278 e. The molecule has 0 spiro atoms. The van der Waals surface area contributed by atoms with E-state index in [0.717, 1.165) is 38.8 Å². The van der Waals surface area contributed by atoms with Crippen molar-refractivity contribution in [2.45, 2.75) is 39.5 Å². The Bertz CT molecular complexity index is 125. The van der Waals surface area contributed by atoms with Crippen LogP contribution in [-0.2, 0) is 19.5 Å². The third-order valence-electron chi connectivity index (χ3n) is 1.83. The first-order valence-corrected chi connectivity index (χ1v) is 5.15. The zero-order chi connectivity index (χ0) is 9.40. The van der Waals surface area contributed by atoms with E-state index in [0.29, 0.717) is 0 Å². The topological polar surface area (TPSA) is 20.3 Å². The van der Waals surface area contributed by atoms with Crippen molar-refractivity contribution in [3.05, 3.63) is 0 Å². The first-order valence-electron chi connectivity index (χ1n) is 4.70. The average molecular weight is 255 g/mol. The molecule has 0 N–H and O–H groups in total. The van der Waals surface area contributed by atoms with Gasteiger partial charge in [-0.2, -0.15) is 0 Å². The van der Waals surface area contributed by atoms with Crippen LogP contribution in [0.15, 0.2) is 0 Å². The zero-order valence-electron chi connectivity index (χ0n) is 8.75. The summed E-state index contributed by atoms with van der Waals surface area (Å²) in [7, 11) is 0. The Morgan fingerprint density at radius 1 is 1.15 bits per heavy atom. The Balaban J connectivity index is 0. The van der Waals surface area contributed by atoms with Gasteiger partial charge in [0.1, 0.15) is 0 Å². The third kappa shape index (κ3) is 8.76. The number of carbonyl (C=O) groups is 1. The summed E-state index contributed by atoms with van der Waals surface area (Å²) < 4.78 is 0. The summed E-state index contributed by atoms with van der Waals surface area (Å²) >= 11 is 3.83. The van der Waals surface area contributed by atoms with Gasteiger partial charge in [-0.05, 0) is 12.8 Å². The van der Waals surface area contributed by atoms with Gasteiger partial charge in [0.2, 0.25) is 0 Å². The fourth-order valence-corrected chi connectivity index (χ4v) is 1.20. The summed E-state index contributed by atoms with van der Waals surface area (Å²) in [5.74, 6) is 0. The summed E-state index contributed by atoms with van der Waals surface area (Å²) in [6, 6.07) is 0. The van der Waals surface area contributed by atoms with E-state index in [9.17, 15) is 4.79 Å². The van der Waals surface area contributed by atoms with Crippen LogP contribution in [0.25, 0.3) is 0 Å². The quantitative estimate of drug-likeness (QED) is 0.571. The van der Waals surface area contributed by atoms with Crippen LogP contribution < -0.4 is 0 Å². The zero-order valence-corrected chi connectivity index (χ0v) is 12.6. The van der Waals surface area contributed by atoms with Gasteiger partial charge in [0.05, 0.1) is 0 Å². The van der Waals surface area contributed by atoms with Crippen molar-refractivity contribution in [3.8, 4) is 0 Å². The van der Waals surface area contributed by atoms with Crippen molar-refractivity contribution >= 4 is 17.9 Å². The van der Waals surface area contributed by atoms with Crippen molar-refractivity contribution in [1.82, 2.24) is 4.90 Å². The van der Waals surface area contributed by atoms with E-state index < -0.39 is 0 Å². The van der Waals surface area contributed by atoms with Gasteiger partial charge in [-0.3, -0.25) is 4.79 Å². The second-order valence-electron chi connectivity index (χ2n) is 2.98. The van der Waals surface area contributed by atoms with Crippen molar-refractivity contribution in [2.24, 2.45) is 0 Å². The summed E-state index contributed by atoms with van der Waals surface area (Å²) in [4.78, 5) is 12.8. The number of hydrogen-bond acceptors (Lipinski definition) is 1. The number of nitrogens with zero attached hydrogens (tertiary/aromatic N) is 1. The fraction of sp³-hybridized carbons (Fsp3) is 0.889. The van der Waals surface area contributed by atoms with E-state index in [2.05, 4.69) is 26.5 Å². The fourth-order valence-electron chi connectivity index (χ4n) is 1.00. The molecular weight excluding hydrogens is 236 g/mol. The average Bonchev–Trinajstić information content (AvgIpc) is 2.04. The van der Waals surface area contributed by atoms with E-state index in [1.807, 2.05) is 4.90 Å². The molecule has 13 heavy (non-hydrogen) atoms. The predicted molar refractivity (Wildman–Crippen MR) is 55.8 cm³/mol. The van der Waals surface area contributed by atoms with Crippen LogP contribution >= 0.6 is 12.6 Å². The van der Waals surface area contributed by atoms with Crippen LogP contribution in [0.2, 0.25) is 0 Å². The molecule has 0 aromatic heterocycles. The minimum Gasteiger partial charge on any atom is -0.334 e. The summed E-state index contributed by atoms with van der Waals surface area (Å²) in [5, 5.41) is -0.0862. The molecule has 0 aliphatic carbocycles. The van der Waals surface area contributed by atoms with E-state index in [4.69, 9.17) is 0 Å². The Morgan fingerprint density at radius 3 is 1.77 bits per heavy atom. The molecule has 0 radical (unpaired) electrons. The van der Waals surface area contributed by atoms with Crippen LogP contribution in [0.1, 0.15) is 39.5 Å². The van der Waals surface area contributed by atoms with Gasteiger partial charge in [0, 0.05) is 32.6 Å². The van der Waals surface area contributed by atoms with Gasteiger partial charge < -0.3 is 4.90 Å².